The van der Waals surface area contributed by atoms with Crippen molar-refractivity contribution in [2.45, 2.75) is 13.8 Å². The summed E-state index contributed by atoms with van der Waals surface area (Å²) in [6, 6.07) is 3.87. The largest absolute Gasteiger partial charge is 0.462 e. The van der Waals surface area contributed by atoms with Crippen molar-refractivity contribution in [1.82, 2.24) is 0 Å². The number of hydrogen-bond donors (Lipinski definition) is 2. The molecule has 0 spiro atoms. The number of carbonyl (C=O) groups is 2. The van der Waals surface area contributed by atoms with Gasteiger partial charge in [0, 0.05) is 5.30 Å². The third-order valence-corrected chi connectivity index (χ3v) is 2.89. The summed E-state index contributed by atoms with van der Waals surface area (Å²) >= 11 is 0. The van der Waals surface area contributed by atoms with E-state index in [-0.39, 0.29) is 29.6 Å². The smallest absolute Gasteiger partial charge is 0.338 e. The van der Waals surface area contributed by atoms with Crippen LogP contribution in [0.25, 0.3) is 0 Å². The van der Waals surface area contributed by atoms with Crippen LogP contribution in [-0.4, -0.2) is 34.9 Å². The first-order chi connectivity index (χ1) is 8.99. The predicted octanol–water partition coefficient (Wildman–Crippen LogP) is 0.962. The number of rotatable bonds is 5. The van der Waals surface area contributed by atoms with Gasteiger partial charge in [0.25, 0.3) is 0 Å². The third-order valence-electron chi connectivity index (χ3n) is 2.17. The first-order valence-corrected chi connectivity index (χ1v) is 6.91. The van der Waals surface area contributed by atoms with Crippen LogP contribution in [0.1, 0.15) is 34.6 Å². The van der Waals surface area contributed by atoms with Crippen LogP contribution in [0.2, 0.25) is 0 Å². The highest BCUT2D eigenvalue weighted by Crippen LogP contribution is 2.24. The molecule has 1 rings (SSSR count). The van der Waals surface area contributed by atoms with E-state index in [9.17, 15) is 19.4 Å². The summed E-state index contributed by atoms with van der Waals surface area (Å²) in [5.74, 6) is -1.27. The molecule has 0 heterocycles. The summed E-state index contributed by atoms with van der Waals surface area (Å²) in [6.45, 7) is 3.67. The fourth-order valence-corrected chi connectivity index (χ4v) is 1.90. The summed E-state index contributed by atoms with van der Waals surface area (Å²) in [5.41, 5.74) is 0.163. The molecule has 0 aliphatic rings. The normalized spacial score (nSPS) is 10.4. The molecule has 1 aromatic rings. The van der Waals surface area contributed by atoms with Gasteiger partial charge >= 0.3 is 11.9 Å². The molecule has 0 saturated heterocycles. The van der Waals surface area contributed by atoms with Gasteiger partial charge in [-0.3, -0.25) is 0 Å². The Balaban J connectivity index is 3.17. The van der Waals surface area contributed by atoms with Crippen LogP contribution < -0.4 is 5.30 Å². The number of esters is 2. The Bertz CT molecular complexity index is 435. The lowest BCUT2D eigenvalue weighted by molar-refractivity contribution is 0.0525. The zero-order chi connectivity index (χ0) is 14.4. The highest BCUT2D eigenvalue weighted by molar-refractivity contribution is 7.54. The van der Waals surface area contributed by atoms with Gasteiger partial charge in [-0.05, 0) is 32.0 Å². The third kappa shape index (κ3) is 4.28. The number of carbonyl (C=O) groups excluding carboxylic acids is 2. The molecule has 0 atom stereocenters. The van der Waals surface area contributed by atoms with E-state index in [1.165, 1.54) is 18.2 Å². The second kappa shape index (κ2) is 7.19. The fourth-order valence-electron chi connectivity index (χ4n) is 1.39. The Kier molecular flexibility index (Phi) is 5.89. The minimum absolute atomic E-state index is 0.0815. The summed E-state index contributed by atoms with van der Waals surface area (Å²) < 4.78 is 9.62. The van der Waals surface area contributed by atoms with Crippen molar-refractivity contribution in [1.29, 1.82) is 0 Å². The van der Waals surface area contributed by atoms with Crippen LogP contribution >= 0.6 is 8.38 Å². The van der Waals surface area contributed by atoms with Gasteiger partial charge in [0.15, 0.2) is 8.38 Å². The Morgan fingerprint density at radius 2 is 1.42 bits per heavy atom. The molecule has 0 saturated carbocycles. The van der Waals surface area contributed by atoms with Crippen LogP contribution in [0.4, 0.5) is 0 Å². The Morgan fingerprint density at radius 3 is 1.74 bits per heavy atom. The van der Waals surface area contributed by atoms with E-state index in [0.29, 0.717) is 0 Å². The molecule has 0 radical (unpaired) electrons. The molecule has 104 valence electrons. The van der Waals surface area contributed by atoms with Crippen molar-refractivity contribution in [2.75, 3.05) is 13.2 Å². The molecule has 2 N–H and O–H groups in total. The van der Waals surface area contributed by atoms with Crippen molar-refractivity contribution in [2.24, 2.45) is 0 Å². The average Bonchev–Trinajstić information content (AvgIpc) is 2.38. The van der Waals surface area contributed by atoms with E-state index in [2.05, 4.69) is 0 Å². The van der Waals surface area contributed by atoms with Gasteiger partial charge in [-0.1, -0.05) is 0 Å². The van der Waals surface area contributed by atoms with E-state index >= 15 is 0 Å². The molecule has 0 unspecified atom stereocenters. The molecule has 0 bridgehead atoms. The summed E-state index contributed by atoms with van der Waals surface area (Å²) in [7, 11) is -2.41. The van der Waals surface area contributed by atoms with Gasteiger partial charge in [-0.2, -0.15) is 0 Å². The Labute approximate surface area is 111 Å². The lowest BCUT2D eigenvalue weighted by Crippen LogP contribution is -2.14. The van der Waals surface area contributed by atoms with E-state index < -0.39 is 20.3 Å². The SMILES string of the molecule is CCOC(=O)c1cc(C(=O)OCC)cc(P(O)O)c1. The quantitative estimate of drug-likeness (QED) is 0.618. The maximum absolute atomic E-state index is 11.6. The zero-order valence-corrected chi connectivity index (χ0v) is 11.5. The van der Waals surface area contributed by atoms with Crippen molar-refractivity contribution < 1.29 is 28.8 Å². The van der Waals surface area contributed by atoms with E-state index in [4.69, 9.17) is 9.47 Å². The maximum Gasteiger partial charge on any atom is 0.338 e. The van der Waals surface area contributed by atoms with E-state index in [1.807, 2.05) is 0 Å². The lowest BCUT2D eigenvalue weighted by Gasteiger charge is -2.09. The summed E-state index contributed by atoms with van der Waals surface area (Å²) in [4.78, 5) is 41.7. The van der Waals surface area contributed by atoms with Crippen molar-refractivity contribution in [3.8, 4) is 0 Å². The maximum atomic E-state index is 11.6. The second-order valence-corrected chi connectivity index (χ2v) is 4.59. The van der Waals surface area contributed by atoms with Crippen molar-refractivity contribution in [3.63, 3.8) is 0 Å². The monoisotopic (exact) mass is 286 g/mol. The Hall–Kier alpha value is -1.49. The summed E-state index contributed by atoms with van der Waals surface area (Å²) in [5, 5.41) is 0.0867. The van der Waals surface area contributed by atoms with Crippen molar-refractivity contribution >= 4 is 25.6 Å². The molecule has 19 heavy (non-hydrogen) atoms. The highest BCUT2D eigenvalue weighted by Gasteiger charge is 2.17. The van der Waals surface area contributed by atoms with Crippen molar-refractivity contribution in [3.05, 3.63) is 29.3 Å². The molecule has 0 aromatic heterocycles. The average molecular weight is 286 g/mol. The number of hydrogen-bond acceptors (Lipinski definition) is 6. The number of benzene rings is 1. The van der Waals surface area contributed by atoms with E-state index in [1.54, 1.807) is 13.8 Å². The molecular formula is C12H15O6P. The van der Waals surface area contributed by atoms with Crippen LogP contribution in [0.3, 0.4) is 0 Å². The minimum Gasteiger partial charge on any atom is -0.462 e. The molecule has 0 fully saturated rings. The Morgan fingerprint density at radius 1 is 1.00 bits per heavy atom. The fraction of sp³-hybridized carbons (Fsp3) is 0.333. The molecule has 7 heteroatoms. The van der Waals surface area contributed by atoms with Crippen LogP contribution in [0, 0.1) is 0 Å². The van der Waals surface area contributed by atoms with Gasteiger partial charge in [-0.25, -0.2) is 9.59 Å². The standard InChI is InChI=1S/C12H15O6P/c1-3-17-11(13)8-5-9(12(14)18-4-2)7-10(6-8)19(15)16/h5-7,15-16H,3-4H2,1-2H3. The second-order valence-electron chi connectivity index (χ2n) is 3.50. The first-order valence-electron chi connectivity index (χ1n) is 5.66. The molecule has 0 aliphatic carbocycles. The predicted molar refractivity (Wildman–Crippen MR) is 69.3 cm³/mol. The van der Waals surface area contributed by atoms with Gasteiger partial charge < -0.3 is 19.3 Å². The van der Waals surface area contributed by atoms with Gasteiger partial charge in [-0.15, -0.1) is 0 Å². The van der Waals surface area contributed by atoms with E-state index in [0.717, 1.165) is 0 Å². The highest BCUT2D eigenvalue weighted by atomic mass is 31.2. The molecular weight excluding hydrogens is 271 g/mol. The van der Waals surface area contributed by atoms with Gasteiger partial charge in [0.2, 0.25) is 0 Å². The topological polar surface area (TPSA) is 93.1 Å². The molecule has 0 amide bonds. The first kappa shape index (κ1) is 15.6. The molecule has 1 aromatic carbocycles. The zero-order valence-electron chi connectivity index (χ0n) is 10.6. The minimum atomic E-state index is -2.41. The van der Waals surface area contributed by atoms with Crippen LogP contribution in [0.5, 0.6) is 0 Å². The van der Waals surface area contributed by atoms with Crippen LogP contribution in [0.15, 0.2) is 18.2 Å². The van der Waals surface area contributed by atoms with Gasteiger partial charge in [0.05, 0.1) is 24.3 Å². The lowest BCUT2D eigenvalue weighted by atomic mass is 10.1. The van der Waals surface area contributed by atoms with Gasteiger partial charge in [0.1, 0.15) is 0 Å². The molecule has 0 aliphatic heterocycles. The van der Waals surface area contributed by atoms with Crippen LogP contribution in [-0.2, 0) is 9.47 Å². The number of ether oxygens (including phenoxy) is 2. The summed E-state index contributed by atoms with van der Waals surface area (Å²) in [6.07, 6.45) is 0. The molecule has 6 nitrogen and oxygen atoms in total.